The molecule has 0 bridgehead atoms. The highest BCUT2D eigenvalue weighted by atomic mass is 16.3. The predicted octanol–water partition coefficient (Wildman–Crippen LogP) is 3.02. The Morgan fingerprint density at radius 1 is 1.00 bits per heavy atom. The Bertz CT molecular complexity index is 903. The van der Waals surface area contributed by atoms with Crippen LogP contribution in [0.4, 0.5) is 0 Å². The Hall–Kier alpha value is -2.57. The van der Waals surface area contributed by atoms with Gasteiger partial charge in [0.05, 0.1) is 18.3 Å². The van der Waals surface area contributed by atoms with Crippen LogP contribution in [0.3, 0.4) is 0 Å². The van der Waals surface area contributed by atoms with E-state index in [0.29, 0.717) is 0 Å². The number of hydrogen-bond donors (Lipinski definition) is 1. The molecule has 2 aromatic carbocycles. The molecule has 1 aromatic heterocycles. The second-order valence-electron chi connectivity index (χ2n) is 7.59. The van der Waals surface area contributed by atoms with Crippen molar-refractivity contribution in [3.05, 3.63) is 71.0 Å². The fourth-order valence-corrected chi connectivity index (χ4v) is 4.35. The zero-order valence-corrected chi connectivity index (χ0v) is 16.5. The van der Waals surface area contributed by atoms with Gasteiger partial charge in [0.1, 0.15) is 0 Å². The molecular formula is C22H27N5O. The number of benzene rings is 2. The lowest BCUT2D eigenvalue weighted by Crippen LogP contribution is -2.36. The summed E-state index contributed by atoms with van der Waals surface area (Å²) in [5, 5.41) is 22.7. The van der Waals surface area contributed by atoms with Crippen LogP contribution in [0.5, 0.6) is 0 Å². The molecule has 0 amide bonds. The third-order valence-corrected chi connectivity index (χ3v) is 5.80. The van der Waals surface area contributed by atoms with Crippen LogP contribution in [0, 0.1) is 13.8 Å². The number of aliphatic hydroxyl groups is 1. The summed E-state index contributed by atoms with van der Waals surface area (Å²) in [5.74, 6) is 0.862. The summed E-state index contributed by atoms with van der Waals surface area (Å²) in [6, 6.07) is 17.0. The maximum Gasteiger partial charge on any atom is 0.173 e. The van der Waals surface area contributed by atoms with Crippen LogP contribution >= 0.6 is 0 Å². The van der Waals surface area contributed by atoms with E-state index in [-0.39, 0.29) is 18.7 Å². The van der Waals surface area contributed by atoms with Crippen molar-refractivity contribution in [2.45, 2.75) is 45.2 Å². The van der Waals surface area contributed by atoms with E-state index in [1.54, 1.807) is 0 Å². The average Bonchev–Trinajstić information content (AvgIpc) is 3.33. The van der Waals surface area contributed by atoms with Gasteiger partial charge in [-0.05, 0) is 60.2 Å². The molecule has 6 nitrogen and oxygen atoms in total. The molecule has 1 aliphatic rings. The molecule has 3 aromatic rings. The van der Waals surface area contributed by atoms with E-state index in [1.165, 1.54) is 5.56 Å². The van der Waals surface area contributed by atoms with Crippen LogP contribution in [0.25, 0.3) is 5.69 Å². The fourth-order valence-electron chi connectivity index (χ4n) is 4.35. The Labute approximate surface area is 165 Å². The molecule has 6 heteroatoms. The topological polar surface area (TPSA) is 67.1 Å². The maximum atomic E-state index is 9.92. The molecule has 2 heterocycles. The highest BCUT2D eigenvalue weighted by Gasteiger charge is 2.37. The molecule has 146 valence electrons. The lowest BCUT2D eigenvalue weighted by atomic mass is 10.1. The molecule has 2 atom stereocenters. The van der Waals surface area contributed by atoms with Crippen molar-refractivity contribution >= 4 is 0 Å². The van der Waals surface area contributed by atoms with Gasteiger partial charge in [0, 0.05) is 12.6 Å². The molecule has 0 saturated carbocycles. The number of para-hydroxylation sites is 1. The van der Waals surface area contributed by atoms with Gasteiger partial charge in [0.25, 0.3) is 0 Å². The third-order valence-electron chi connectivity index (χ3n) is 5.80. The van der Waals surface area contributed by atoms with E-state index in [2.05, 4.69) is 76.7 Å². The molecule has 28 heavy (non-hydrogen) atoms. The van der Waals surface area contributed by atoms with Gasteiger partial charge >= 0.3 is 0 Å². The first kappa shape index (κ1) is 18.8. The largest absolute Gasteiger partial charge is 0.395 e. The Balaban J connectivity index is 1.64. The molecule has 0 unspecified atom stereocenters. The zero-order chi connectivity index (χ0) is 19.5. The van der Waals surface area contributed by atoms with Gasteiger partial charge < -0.3 is 5.11 Å². The third kappa shape index (κ3) is 3.57. The molecular weight excluding hydrogens is 350 g/mol. The molecule has 0 radical (unpaired) electrons. The lowest BCUT2D eigenvalue weighted by molar-refractivity contribution is 0.126. The normalized spacial score (nSPS) is 20.0. The Morgan fingerprint density at radius 3 is 2.46 bits per heavy atom. The van der Waals surface area contributed by atoms with Gasteiger partial charge in [0.15, 0.2) is 5.82 Å². The van der Waals surface area contributed by atoms with Crippen LogP contribution < -0.4 is 0 Å². The van der Waals surface area contributed by atoms with E-state index in [9.17, 15) is 5.11 Å². The highest BCUT2D eigenvalue weighted by Crippen LogP contribution is 2.36. The van der Waals surface area contributed by atoms with Crippen LogP contribution in [0.1, 0.15) is 41.4 Å². The van der Waals surface area contributed by atoms with Crippen molar-refractivity contribution in [1.82, 2.24) is 25.1 Å². The Kier molecular flexibility index (Phi) is 5.50. The first-order valence-electron chi connectivity index (χ1n) is 9.94. The second-order valence-corrected chi connectivity index (χ2v) is 7.59. The number of aryl methyl sites for hydroxylation is 2. The molecule has 4 rings (SSSR count). The SMILES string of the molecule is Cc1cccc(C)c1-n1nnnc1[C@@H]1CC[C@@H](CO)N1CCc1ccccc1. The van der Waals surface area contributed by atoms with Crippen LogP contribution in [0.2, 0.25) is 0 Å². The van der Waals surface area contributed by atoms with Crippen LogP contribution in [-0.4, -0.2) is 49.4 Å². The van der Waals surface area contributed by atoms with Gasteiger partial charge in [-0.15, -0.1) is 5.10 Å². The summed E-state index contributed by atoms with van der Waals surface area (Å²) in [6.07, 6.45) is 2.85. The fraction of sp³-hybridized carbons (Fsp3) is 0.409. The first-order valence-corrected chi connectivity index (χ1v) is 9.94. The number of likely N-dealkylation sites (tertiary alicyclic amines) is 1. The standard InChI is InChI=1S/C22H27N5O/c1-16-7-6-8-17(2)21(16)27-22(23-24-25-27)20-12-11-19(15-28)26(20)14-13-18-9-4-3-5-10-18/h3-10,19-20,28H,11-15H2,1-2H3/t19-,20-/m0/s1. The second kappa shape index (κ2) is 8.20. The minimum absolute atomic E-state index is 0.106. The monoisotopic (exact) mass is 377 g/mol. The van der Waals surface area contributed by atoms with Gasteiger partial charge in [-0.3, -0.25) is 4.90 Å². The van der Waals surface area contributed by atoms with Crippen LogP contribution in [-0.2, 0) is 6.42 Å². The van der Waals surface area contributed by atoms with Crippen molar-refractivity contribution in [1.29, 1.82) is 0 Å². The van der Waals surface area contributed by atoms with E-state index >= 15 is 0 Å². The summed E-state index contributed by atoms with van der Waals surface area (Å²) in [4.78, 5) is 2.38. The maximum absolute atomic E-state index is 9.92. The minimum atomic E-state index is 0.106. The van der Waals surface area contributed by atoms with Crippen molar-refractivity contribution in [3.8, 4) is 5.69 Å². The van der Waals surface area contributed by atoms with Gasteiger partial charge in [-0.25, -0.2) is 0 Å². The number of aromatic nitrogens is 4. The van der Waals surface area contributed by atoms with E-state index in [0.717, 1.165) is 48.4 Å². The first-order chi connectivity index (χ1) is 13.7. The van der Waals surface area contributed by atoms with E-state index < -0.39 is 0 Å². The van der Waals surface area contributed by atoms with E-state index in [4.69, 9.17) is 0 Å². The Morgan fingerprint density at radius 2 is 1.75 bits per heavy atom. The highest BCUT2D eigenvalue weighted by molar-refractivity contribution is 5.46. The predicted molar refractivity (Wildman–Crippen MR) is 108 cm³/mol. The summed E-state index contributed by atoms with van der Waals surface area (Å²) >= 11 is 0. The summed E-state index contributed by atoms with van der Waals surface area (Å²) < 4.78 is 1.89. The van der Waals surface area contributed by atoms with Crippen molar-refractivity contribution in [2.24, 2.45) is 0 Å². The van der Waals surface area contributed by atoms with Crippen LogP contribution in [0.15, 0.2) is 48.5 Å². The summed E-state index contributed by atoms with van der Waals surface area (Å²) in [6.45, 7) is 5.22. The zero-order valence-electron chi connectivity index (χ0n) is 16.5. The molecule has 0 aliphatic carbocycles. The number of nitrogens with zero attached hydrogens (tertiary/aromatic N) is 5. The van der Waals surface area contributed by atoms with Gasteiger partial charge in [-0.1, -0.05) is 48.5 Å². The number of tetrazole rings is 1. The average molecular weight is 377 g/mol. The molecule has 1 aliphatic heterocycles. The minimum Gasteiger partial charge on any atom is -0.395 e. The summed E-state index contributed by atoms with van der Waals surface area (Å²) in [7, 11) is 0. The summed E-state index contributed by atoms with van der Waals surface area (Å²) in [5.41, 5.74) is 4.67. The van der Waals surface area contributed by atoms with Gasteiger partial charge in [0.2, 0.25) is 0 Å². The van der Waals surface area contributed by atoms with E-state index in [1.807, 2.05) is 10.7 Å². The lowest BCUT2D eigenvalue weighted by Gasteiger charge is -2.28. The van der Waals surface area contributed by atoms with Crippen molar-refractivity contribution < 1.29 is 5.11 Å². The van der Waals surface area contributed by atoms with Gasteiger partial charge in [-0.2, -0.15) is 4.68 Å². The molecule has 1 saturated heterocycles. The van der Waals surface area contributed by atoms with Crippen molar-refractivity contribution in [3.63, 3.8) is 0 Å². The smallest absolute Gasteiger partial charge is 0.173 e. The number of aliphatic hydroxyl groups excluding tert-OH is 1. The van der Waals surface area contributed by atoms with Crippen molar-refractivity contribution in [2.75, 3.05) is 13.2 Å². The molecule has 0 spiro atoms. The number of hydrogen-bond acceptors (Lipinski definition) is 5. The molecule has 1 fully saturated rings. The molecule has 1 N–H and O–H groups in total. The quantitative estimate of drug-likeness (QED) is 0.715. The number of rotatable bonds is 6.